The normalized spacial score (nSPS) is 16.4. The minimum absolute atomic E-state index is 0.101. The van der Waals surface area contributed by atoms with Gasteiger partial charge in [0.1, 0.15) is 5.75 Å². The fraction of sp³-hybridized carbons (Fsp3) is 0.500. The maximum absolute atomic E-state index is 11.9. The molecule has 1 amide bonds. The molecule has 0 aliphatic carbocycles. The van der Waals surface area contributed by atoms with Crippen LogP contribution in [0, 0.1) is 0 Å². The smallest absolute Gasteiger partial charge is 0.226 e. The first kappa shape index (κ1) is 14.3. The van der Waals surface area contributed by atoms with Crippen LogP contribution >= 0.6 is 15.9 Å². The van der Waals surface area contributed by atoms with Crippen molar-refractivity contribution in [1.82, 2.24) is 4.90 Å². The number of carbonyl (C=O) groups is 1. The summed E-state index contributed by atoms with van der Waals surface area (Å²) in [7, 11) is 0. The van der Waals surface area contributed by atoms with Crippen LogP contribution in [0.5, 0.6) is 5.75 Å². The van der Waals surface area contributed by atoms with Crippen LogP contribution in [0.15, 0.2) is 28.7 Å². The molecule has 5 heteroatoms. The molecule has 1 N–H and O–H groups in total. The molecule has 1 aliphatic heterocycles. The van der Waals surface area contributed by atoms with E-state index in [1.807, 2.05) is 24.3 Å². The standard InChI is InChI=1S/C14H18BrNO3/c15-11-1-3-13(4-2-11)19-10-7-14(18)16-8-5-12(17)6-9-16/h1-4,12,17H,5-10H2. The molecule has 1 fully saturated rings. The molecule has 0 bridgehead atoms. The molecule has 0 atom stereocenters. The van der Waals surface area contributed by atoms with Crippen molar-refractivity contribution in [3.05, 3.63) is 28.7 Å². The Kier molecular flexibility index (Phi) is 5.22. The number of aliphatic hydroxyl groups excluding tert-OH is 1. The van der Waals surface area contributed by atoms with Gasteiger partial charge in [-0.05, 0) is 37.1 Å². The summed E-state index contributed by atoms with van der Waals surface area (Å²) in [5.41, 5.74) is 0. The lowest BCUT2D eigenvalue weighted by atomic mass is 10.1. The Hall–Kier alpha value is -1.07. The van der Waals surface area contributed by atoms with Crippen LogP contribution in [0.2, 0.25) is 0 Å². The molecule has 0 saturated carbocycles. The number of nitrogens with zero attached hydrogens (tertiary/aromatic N) is 1. The average molecular weight is 328 g/mol. The van der Waals surface area contributed by atoms with E-state index in [1.165, 1.54) is 0 Å². The molecule has 1 aromatic carbocycles. The van der Waals surface area contributed by atoms with Crippen LogP contribution in [0.1, 0.15) is 19.3 Å². The summed E-state index contributed by atoms with van der Waals surface area (Å²) in [6.45, 7) is 1.69. The lowest BCUT2D eigenvalue weighted by Crippen LogP contribution is -2.40. The second-order valence-corrected chi connectivity index (χ2v) is 5.58. The van der Waals surface area contributed by atoms with E-state index in [4.69, 9.17) is 4.74 Å². The number of amides is 1. The van der Waals surface area contributed by atoms with E-state index in [2.05, 4.69) is 15.9 Å². The Labute approximate surface area is 121 Å². The zero-order chi connectivity index (χ0) is 13.7. The molecule has 19 heavy (non-hydrogen) atoms. The highest BCUT2D eigenvalue weighted by Gasteiger charge is 2.20. The fourth-order valence-electron chi connectivity index (χ4n) is 2.06. The van der Waals surface area contributed by atoms with Crippen molar-refractivity contribution < 1.29 is 14.6 Å². The molecule has 1 heterocycles. The number of ether oxygens (including phenoxy) is 1. The van der Waals surface area contributed by atoms with E-state index in [1.54, 1.807) is 4.90 Å². The van der Waals surface area contributed by atoms with Gasteiger partial charge in [-0.3, -0.25) is 4.79 Å². The second kappa shape index (κ2) is 6.91. The molecule has 2 rings (SSSR count). The van der Waals surface area contributed by atoms with Gasteiger partial charge < -0.3 is 14.7 Å². The largest absolute Gasteiger partial charge is 0.493 e. The van der Waals surface area contributed by atoms with E-state index >= 15 is 0 Å². The number of likely N-dealkylation sites (tertiary alicyclic amines) is 1. The van der Waals surface area contributed by atoms with Crippen LogP contribution in [0.4, 0.5) is 0 Å². The number of halogens is 1. The van der Waals surface area contributed by atoms with Gasteiger partial charge in [-0.1, -0.05) is 15.9 Å². The minimum atomic E-state index is -0.247. The first-order valence-corrected chi connectivity index (χ1v) is 7.28. The first-order chi connectivity index (χ1) is 9.15. The molecule has 0 unspecified atom stereocenters. The van der Waals surface area contributed by atoms with Crippen molar-refractivity contribution in [2.45, 2.75) is 25.4 Å². The molecule has 4 nitrogen and oxygen atoms in total. The van der Waals surface area contributed by atoms with Gasteiger partial charge in [0.15, 0.2) is 0 Å². The van der Waals surface area contributed by atoms with E-state index in [0.717, 1.165) is 10.2 Å². The number of hydrogen-bond acceptors (Lipinski definition) is 3. The Balaban J connectivity index is 1.70. The lowest BCUT2D eigenvalue weighted by molar-refractivity contribution is -0.133. The van der Waals surface area contributed by atoms with E-state index in [9.17, 15) is 9.90 Å². The fourth-order valence-corrected chi connectivity index (χ4v) is 2.32. The van der Waals surface area contributed by atoms with Gasteiger partial charge in [0, 0.05) is 17.6 Å². The van der Waals surface area contributed by atoms with Crippen LogP contribution in [-0.4, -0.2) is 41.7 Å². The number of hydrogen-bond donors (Lipinski definition) is 1. The van der Waals surface area contributed by atoms with Gasteiger partial charge in [-0.25, -0.2) is 0 Å². The highest BCUT2D eigenvalue weighted by atomic mass is 79.9. The van der Waals surface area contributed by atoms with Crippen molar-refractivity contribution in [2.24, 2.45) is 0 Å². The summed E-state index contributed by atoms with van der Waals surface area (Å²) in [6, 6.07) is 7.55. The van der Waals surface area contributed by atoms with Crippen LogP contribution in [0.25, 0.3) is 0 Å². The quantitative estimate of drug-likeness (QED) is 0.922. The highest BCUT2D eigenvalue weighted by Crippen LogP contribution is 2.16. The minimum Gasteiger partial charge on any atom is -0.493 e. The second-order valence-electron chi connectivity index (χ2n) is 4.66. The molecule has 0 aromatic heterocycles. The van der Waals surface area contributed by atoms with Crippen molar-refractivity contribution in [2.75, 3.05) is 19.7 Å². The highest BCUT2D eigenvalue weighted by molar-refractivity contribution is 9.10. The predicted molar refractivity (Wildman–Crippen MR) is 76.1 cm³/mol. The zero-order valence-electron chi connectivity index (χ0n) is 10.7. The van der Waals surface area contributed by atoms with Gasteiger partial charge in [0.2, 0.25) is 5.91 Å². The third-order valence-corrected chi connectivity index (χ3v) is 3.74. The lowest BCUT2D eigenvalue weighted by Gasteiger charge is -2.29. The van der Waals surface area contributed by atoms with Gasteiger partial charge in [-0.15, -0.1) is 0 Å². The number of benzene rings is 1. The van der Waals surface area contributed by atoms with Gasteiger partial charge in [0.05, 0.1) is 19.1 Å². The average Bonchev–Trinajstić information content (AvgIpc) is 2.41. The maximum Gasteiger partial charge on any atom is 0.226 e. The van der Waals surface area contributed by atoms with Crippen molar-refractivity contribution in [1.29, 1.82) is 0 Å². The summed E-state index contributed by atoms with van der Waals surface area (Å²) >= 11 is 3.36. The molecule has 0 radical (unpaired) electrons. The molecular weight excluding hydrogens is 310 g/mol. The summed E-state index contributed by atoms with van der Waals surface area (Å²) < 4.78 is 6.53. The summed E-state index contributed by atoms with van der Waals surface area (Å²) in [5, 5.41) is 9.39. The van der Waals surface area contributed by atoms with Gasteiger partial charge in [0.25, 0.3) is 0 Å². The Morgan fingerprint density at radius 1 is 1.32 bits per heavy atom. The topological polar surface area (TPSA) is 49.8 Å². The molecular formula is C14H18BrNO3. The number of piperidine rings is 1. The first-order valence-electron chi connectivity index (χ1n) is 6.49. The number of aliphatic hydroxyl groups is 1. The van der Waals surface area contributed by atoms with Crippen LogP contribution < -0.4 is 4.74 Å². The van der Waals surface area contributed by atoms with Crippen LogP contribution in [0.3, 0.4) is 0 Å². The molecule has 0 spiro atoms. The third kappa shape index (κ3) is 4.51. The summed E-state index contributed by atoms with van der Waals surface area (Å²) in [6.07, 6.45) is 1.49. The molecule has 1 saturated heterocycles. The van der Waals surface area contributed by atoms with E-state index < -0.39 is 0 Å². The Morgan fingerprint density at radius 2 is 1.95 bits per heavy atom. The van der Waals surface area contributed by atoms with Crippen molar-refractivity contribution in [3.63, 3.8) is 0 Å². The predicted octanol–water partition coefficient (Wildman–Crippen LogP) is 2.20. The Bertz CT molecular complexity index is 413. The van der Waals surface area contributed by atoms with Gasteiger partial charge >= 0.3 is 0 Å². The van der Waals surface area contributed by atoms with Gasteiger partial charge in [-0.2, -0.15) is 0 Å². The van der Waals surface area contributed by atoms with E-state index in [0.29, 0.717) is 39.0 Å². The van der Waals surface area contributed by atoms with Crippen LogP contribution in [-0.2, 0) is 4.79 Å². The monoisotopic (exact) mass is 327 g/mol. The number of carbonyl (C=O) groups excluding carboxylic acids is 1. The number of rotatable bonds is 4. The molecule has 1 aromatic rings. The van der Waals surface area contributed by atoms with E-state index in [-0.39, 0.29) is 12.0 Å². The SMILES string of the molecule is O=C(CCOc1ccc(Br)cc1)N1CCC(O)CC1. The summed E-state index contributed by atoms with van der Waals surface area (Å²) in [5.74, 6) is 0.870. The van der Waals surface area contributed by atoms with Crippen molar-refractivity contribution in [3.8, 4) is 5.75 Å². The third-order valence-electron chi connectivity index (χ3n) is 3.22. The zero-order valence-corrected chi connectivity index (χ0v) is 12.3. The summed E-state index contributed by atoms with van der Waals surface area (Å²) in [4.78, 5) is 13.7. The molecule has 1 aliphatic rings. The molecule has 104 valence electrons. The van der Waals surface area contributed by atoms with Crippen molar-refractivity contribution >= 4 is 21.8 Å². The maximum atomic E-state index is 11.9. The Morgan fingerprint density at radius 3 is 2.58 bits per heavy atom.